The molecular weight excluding hydrogens is 481 g/mol. The molecule has 0 amide bonds. The summed E-state index contributed by atoms with van der Waals surface area (Å²) in [6, 6.07) is 2.24. The Hall–Kier alpha value is -3.01. The molecule has 1 fully saturated rings. The fourth-order valence-corrected chi connectivity index (χ4v) is 3.89. The maximum atomic E-state index is 14.0. The lowest BCUT2D eigenvalue weighted by Crippen LogP contribution is -2.60. The first-order valence-corrected chi connectivity index (χ1v) is 9.42. The highest BCUT2D eigenvalue weighted by Crippen LogP contribution is 2.51. The van der Waals surface area contributed by atoms with Gasteiger partial charge in [0, 0.05) is 6.20 Å². The number of fused-ring (bicyclic) bond motifs is 1. The van der Waals surface area contributed by atoms with Crippen molar-refractivity contribution in [2.24, 2.45) is 0 Å². The molecule has 0 radical (unpaired) electrons. The largest absolute Gasteiger partial charge is 0.422 e. The fourth-order valence-electron chi connectivity index (χ4n) is 3.89. The van der Waals surface area contributed by atoms with E-state index in [9.17, 15) is 46.1 Å². The number of benzene rings is 1. The quantitative estimate of drug-likeness (QED) is 0.411. The average Bonchev–Trinajstić information content (AvgIpc) is 3.27. The molecule has 1 unspecified atom stereocenters. The van der Waals surface area contributed by atoms with Gasteiger partial charge in [0.05, 0.1) is 10.9 Å². The van der Waals surface area contributed by atoms with Gasteiger partial charge in [-0.1, -0.05) is 6.07 Å². The Bertz CT molecular complexity index is 1230. The van der Waals surface area contributed by atoms with Crippen molar-refractivity contribution < 1.29 is 50.8 Å². The molecule has 34 heavy (non-hydrogen) atoms. The molecule has 1 aromatic carbocycles. The van der Waals surface area contributed by atoms with Crippen LogP contribution in [0.5, 0.6) is 0 Å². The van der Waals surface area contributed by atoms with Gasteiger partial charge in [-0.25, -0.2) is 14.4 Å². The van der Waals surface area contributed by atoms with E-state index in [4.69, 9.17) is 10.5 Å². The average molecular weight is 496 g/mol. The Labute approximate surface area is 185 Å². The van der Waals surface area contributed by atoms with Gasteiger partial charge in [0.1, 0.15) is 41.9 Å². The van der Waals surface area contributed by atoms with Crippen molar-refractivity contribution >= 4 is 16.9 Å². The highest BCUT2D eigenvalue weighted by atomic mass is 19.4. The molecule has 0 saturated carbocycles. The van der Waals surface area contributed by atoms with Crippen molar-refractivity contribution in [2.75, 3.05) is 5.73 Å². The third-order valence-electron chi connectivity index (χ3n) is 5.64. The second-order valence-corrected chi connectivity index (χ2v) is 7.62. The molecule has 3 heterocycles. The first kappa shape index (κ1) is 24.1. The van der Waals surface area contributed by atoms with E-state index in [1.165, 1.54) is 6.07 Å². The number of nitrogen functional groups attached to an aromatic ring is 1. The van der Waals surface area contributed by atoms with Crippen LogP contribution in [0.2, 0.25) is 0 Å². The maximum Gasteiger partial charge on any atom is 0.422 e. The predicted octanol–water partition coefficient (Wildman–Crippen LogP) is 2.46. The van der Waals surface area contributed by atoms with Crippen LogP contribution in [0, 0.1) is 5.82 Å². The van der Waals surface area contributed by atoms with Crippen molar-refractivity contribution in [3.8, 4) is 0 Å². The van der Waals surface area contributed by atoms with Gasteiger partial charge < -0.3 is 30.4 Å². The molecule has 2 aromatic heterocycles. The third kappa shape index (κ3) is 3.55. The highest BCUT2D eigenvalue weighted by molar-refractivity contribution is 5.86. The number of ether oxygens (including phenoxy) is 1. The molecule has 4 rings (SSSR count). The molecular formula is C19H15F7N4O4. The van der Waals surface area contributed by atoms with Crippen LogP contribution in [0.15, 0.2) is 36.8 Å². The summed E-state index contributed by atoms with van der Waals surface area (Å²) in [6.07, 6.45) is -18.4. The molecule has 1 saturated heterocycles. The standard InChI is InChI=1S/C19H15F7N4O4/c20-10-5-7(1-2-9(10)18(21,22)23)11(31)13-17(33,19(24,25)26)12(32)16(34-13)30-4-3-8-14(27)28-6-29-15(8)30/h1-6,11-13,16,31-33H,(H2,27,28,29)/t11?,12-,13+,16+,17-/m0/s1. The maximum absolute atomic E-state index is 14.0. The SMILES string of the molecule is Nc1ncnc2c1ccn2[C@@H]1O[C@H](C(O)c2ccc(C(F)(F)F)c(F)c2)[C@](O)(C(F)(F)F)[C@H]1O. The van der Waals surface area contributed by atoms with E-state index in [0.29, 0.717) is 6.07 Å². The molecule has 15 heteroatoms. The van der Waals surface area contributed by atoms with E-state index >= 15 is 0 Å². The number of nitrogens with zero attached hydrogens (tertiary/aromatic N) is 3. The topological polar surface area (TPSA) is 127 Å². The second kappa shape index (κ2) is 7.76. The minimum Gasteiger partial charge on any atom is -0.386 e. The van der Waals surface area contributed by atoms with Gasteiger partial charge in [-0.05, 0) is 23.8 Å². The summed E-state index contributed by atoms with van der Waals surface area (Å²) in [4.78, 5) is 7.58. The molecule has 0 spiro atoms. The lowest BCUT2D eigenvalue weighted by atomic mass is 9.85. The van der Waals surface area contributed by atoms with Crippen LogP contribution in [0.3, 0.4) is 0 Å². The zero-order chi connectivity index (χ0) is 25.2. The fraction of sp³-hybridized carbons (Fsp3) is 0.368. The Balaban J connectivity index is 1.78. The van der Waals surface area contributed by atoms with Gasteiger partial charge in [-0.15, -0.1) is 0 Å². The minimum atomic E-state index is -5.59. The van der Waals surface area contributed by atoms with E-state index in [2.05, 4.69) is 9.97 Å². The number of hydrogen-bond donors (Lipinski definition) is 4. The van der Waals surface area contributed by atoms with Gasteiger partial charge in [0.2, 0.25) is 5.60 Å². The number of alkyl halides is 6. The van der Waals surface area contributed by atoms with Gasteiger partial charge in [0.15, 0.2) is 6.23 Å². The van der Waals surface area contributed by atoms with Crippen LogP contribution in [0.25, 0.3) is 11.0 Å². The number of hydrogen-bond acceptors (Lipinski definition) is 7. The van der Waals surface area contributed by atoms with E-state index in [1.54, 1.807) is 0 Å². The van der Waals surface area contributed by atoms with Crippen molar-refractivity contribution in [3.63, 3.8) is 0 Å². The van der Waals surface area contributed by atoms with Crippen LogP contribution in [0.4, 0.5) is 36.6 Å². The summed E-state index contributed by atoms with van der Waals surface area (Å²) in [5.41, 5.74) is -0.964. The molecule has 0 bridgehead atoms. The van der Waals surface area contributed by atoms with E-state index in [0.717, 1.165) is 17.1 Å². The summed E-state index contributed by atoms with van der Waals surface area (Å²) in [5.74, 6) is -1.91. The highest BCUT2D eigenvalue weighted by Gasteiger charge is 2.72. The zero-order valence-electron chi connectivity index (χ0n) is 16.6. The molecule has 8 nitrogen and oxygen atoms in total. The van der Waals surface area contributed by atoms with Crippen LogP contribution in [-0.2, 0) is 10.9 Å². The molecule has 5 atom stereocenters. The number of nitrogens with two attached hydrogens (primary N) is 1. The third-order valence-corrected chi connectivity index (χ3v) is 5.64. The van der Waals surface area contributed by atoms with Crippen molar-refractivity contribution in [1.29, 1.82) is 0 Å². The number of anilines is 1. The Morgan fingerprint density at radius 2 is 1.79 bits per heavy atom. The summed E-state index contributed by atoms with van der Waals surface area (Å²) < 4.78 is 100. The normalized spacial score (nSPS) is 26.8. The van der Waals surface area contributed by atoms with Crippen LogP contribution in [0.1, 0.15) is 23.5 Å². The number of rotatable bonds is 3. The van der Waals surface area contributed by atoms with Crippen LogP contribution >= 0.6 is 0 Å². The van der Waals surface area contributed by atoms with Crippen LogP contribution in [-0.4, -0.2) is 53.8 Å². The van der Waals surface area contributed by atoms with E-state index in [1.807, 2.05) is 0 Å². The molecule has 0 aliphatic carbocycles. The Morgan fingerprint density at radius 1 is 1.12 bits per heavy atom. The number of aliphatic hydroxyl groups excluding tert-OH is 2. The summed E-state index contributed by atoms with van der Waals surface area (Å²) in [5, 5.41) is 31.7. The molecule has 1 aliphatic heterocycles. The van der Waals surface area contributed by atoms with E-state index in [-0.39, 0.29) is 29.0 Å². The van der Waals surface area contributed by atoms with Gasteiger partial charge in [-0.3, -0.25) is 0 Å². The number of halogens is 7. The lowest BCUT2D eigenvalue weighted by Gasteiger charge is -2.35. The zero-order valence-corrected chi connectivity index (χ0v) is 16.6. The van der Waals surface area contributed by atoms with Crippen molar-refractivity contribution in [1.82, 2.24) is 14.5 Å². The van der Waals surface area contributed by atoms with Gasteiger partial charge >= 0.3 is 12.4 Å². The van der Waals surface area contributed by atoms with Crippen LogP contribution < -0.4 is 5.73 Å². The first-order valence-electron chi connectivity index (χ1n) is 9.42. The Morgan fingerprint density at radius 3 is 2.38 bits per heavy atom. The molecule has 1 aliphatic rings. The summed E-state index contributed by atoms with van der Waals surface area (Å²) >= 11 is 0. The summed E-state index contributed by atoms with van der Waals surface area (Å²) in [7, 11) is 0. The molecule has 5 N–H and O–H groups in total. The number of aromatic nitrogens is 3. The smallest absolute Gasteiger partial charge is 0.386 e. The Kier molecular flexibility index (Phi) is 5.51. The summed E-state index contributed by atoms with van der Waals surface area (Å²) in [6.45, 7) is 0. The second-order valence-electron chi connectivity index (χ2n) is 7.62. The van der Waals surface area contributed by atoms with Crippen molar-refractivity contribution in [3.05, 3.63) is 53.7 Å². The monoisotopic (exact) mass is 496 g/mol. The first-order chi connectivity index (χ1) is 15.7. The molecule has 184 valence electrons. The predicted molar refractivity (Wildman–Crippen MR) is 99.2 cm³/mol. The van der Waals surface area contributed by atoms with Gasteiger partial charge in [0.25, 0.3) is 0 Å². The lowest BCUT2D eigenvalue weighted by molar-refractivity contribution is -0.302. The van der Waals surface area contributed by atoms with E-state index < -0.39 is 59.4 Å². The van der Waals surface area contributed by atoms with Crippen molar-refractivity contribution in [2.45, 2.75) is 42.5 Å². The molecule has 3 aromatic rings. The van der Waals surface area contributed by atoms with Gasteiger partial charge in [-0.2, -0.15) is 26.3 Å². The minimum absolute atomic E-state index is 0.0425. The number of aliphatic hydroxyl groups is 3.